The van der Waals surface area contributed by atoms with Gasteiger partial charge in [-0.25, -0.2) is 14.5 Å². The van der Waals surface area contributed by atoms with Crippen molar-refractivity contribution in [3.63, 3.8) is 0 Å². The van der Waals surface area contributed by atoms with Crippen LogP contribution in [0.2, 0.25) is 0 Å². The van der Waals surface area contributed by atoms with Crippen LogP contribution in [0.15, 0.2) is 36.9 Å². The molecule has 3 rings (SSSR count). The van der Waals surface area contributed by atoms with Gasteiger partial charge in [-0.2, -0.15) is 5.10 Å². The zero-order valence-corrected chi connectivity index (χ0v) is 11.9. The summed E-state index contributed by atoms with van der Waals surface area (Å²) >= 11 is 0. The van der Waals surface area contributed by atoms with Crippen molar-refractivity contribution in [3.05, 3.63) is 42.5 Å². The van der Waals surface area contributed by atoms with Gasteiger partial charge in [0.2, 0.25) is 0 Å². The second-order valence-corrected chi connectivity index (χ2v) is 5.44. The van der Waals surface area contributed by atoms with Crippen LogP contribution in [0.1, 0.15) is 36.0 Å². The lowest BCUT2D eigenvalue weighted by molar-refractivity contribution is -0.144. The van der Waals surface area contributed by atoms with Gasteiger partial charge in [-0.05, 0) is 31.0 Å². The zero-order valence-electron chi connectivity index (χ0n) is 11.9. The topological polar surface area (TPSA) is 97.1 Å². The molecule has 2 N–H and O–H groups in total. The smallest absolute Gasteiger partial charge is 0.329 e. The van der Waals surface area contributed by atoms with Crippen LogP contribution in [0.4, 0.5) is 0 Å². The van der Waals surface area contributed by atoms with E-state index in [1.807, 2.05) is 0 Å². The largest absolute Gasteiger partial charge is 0.480 e. The Morgan fingerprint density at radius 1 is 1.27 bits per heavy atom. The standard InChI is InChI=1S/C15H16N4O3/c20-13(18-15(14(21)22)6-1-2-7-15)11-4-3-5-12(8-11)19-10-16-9-17-19/h3-5,8-10H,1-2,6-7H2,(H,18,20)(H,21,22). The number of benzene rings is 1. The van der Waals surface area contributed by atoms with Gasteiger partial charge < -0.3 is 10.4 Å². The van der Waals surface area contributed by atoms with Crippen LogP contribution in [-0.2, 0) is 4.79 Å². The Bertz CT molecular complexity index is 691. The molecule has 1 heterocycles. The van der Waals surface area contributed by atoms with Crippen LogP contribution < -0.4 is 5.32 Å². The van der Waals surface area contributed by atoms with Gasteiger partial charge in [0.1, 0.15) is 18.2 Å². The zero-order chi connectivity index (χ0) is 15.6. The van der Waals surface area contributed by atoms with Gasteiger partial charge in [0.05, 0.1) is 5.69 Å². The minimum atomic E-state index is -1.14. The number of carbonyl (C=O) groups excluding carboxylic acids is 1. The van der Waals surface area contributed by atoms with E-state index in [-0.39, 0.29) is 5.91 Å². The van der Waals surface area contributed by atoms with Gasteiger partial charge in [0, 0.05) is 5.56 Å². The quantitative estimate of drug-likeness (QED) is 0.889. The molecule has 1 amide bonds. The number of aromatic nitrogens is 3. The van der Waals surface area contributed by atoms with Gasteiger partial charge >= 0.3 is 5.97 Å². The Balaban J connectivity index is 1.83. The Morgan fingerprint density at radius 3 is 2.68 bits per heavy atom. The normalized spacial score (nSPS) is 16.4. The van der Waals surface area contributed by atoms with E-state index < -0.39 is 11.5 Å². The molecule has 7 nitrogen and oxygen atoms in total. The van der Waals surface area contributed by atoms with Crippen molar-refractivity contribution >= 4 is 11.9 Å². The number of hydrogen-bond donors (Lipinski definition) is 2. The van der Waals surface area contributed by atoms with Crippen LogP contribution >= 0.6 is 0 Å². The summed E-state index contributed by atoms with van der Waals surface area (Å²) in [5.74, 6) is -1.35. The molecule has 1 saturated carbocycles. The fourth-order valence-corrected chi connectivity index (χ4v) is 2.79. The maximum atomic E-state index is 12.4. The van der Waals surface area contributed by atoms with Crippen LogP contribution in [0.3, 0.4) is 0 Å². The first-order chi connectivity index (χ1) is 10.6. The predicted octanol–water partition coefficient (Wildman–Crippen LogP) is 1.39. The molecule has 2 aromatic rings. The minimum Gasteiger partial charge on any atom is -0.480 e. The number of carbonyl (C=O) groups is 2. The van der Waals surface area contributed by atoms with E-state index in [4.69, 9.17) is 0 Å². The molecule has 0 radical (unpaired) electrons. The van der Waals surface area contributed by atoms with Crippen molar-refractivity contribution < 1.29 is 14.7 Å². The van der Waals surface area contributed by atoms with Crippen LogP contribution in [-0.4, -0.2) is 37.3 Å². The number of carboxylic acids is 1. The second kappa shape index (κ2) is 5.59. The van der Waals surface area contributed by atoms with Crippen molar-refractivity contribution in [3.8, 4) is 5.69 Å². The average Bonchev–Trinajstić information content (AvgIpc) is 3.19. The van der Waals surface area contributed by atoms with E-state index in [1.54, 1.807) is 28.9 Å². The highest BCUT2D eigenvalue weighted by Crippen LogP contribution is 2.30. The molecule has 0 saturated heterocycles. The van der Waals surface area contributed by atoms with Crippen molar-refractivity contribution in [2.75, 3.05) is 0 Å². The SMILES string of the molecule is O=C(NC1(C(=O)O)CCCC1)c1cccc(-n2cncn2)c1. The molecule has 1 aliphatic rings. The Kier molecular flexibility index (Phi) is 3.62. The van der Waals surface area contributed by atoms with Gasteiger partial charge in [-0.1, -0.05) is 18.9 Å². The number of carboxylic acid groups (broad SMARTS) is 1. The molecule has 22 heavy (non-hydrogen) atoms. The fourth-order valence-electron chi connectivity index (χ4n) is 2.79. The maximum absolute atomic E-state index is 12.4. The van der Waals surface area contributed by atoms with Gasteiger partial charge in [0.15, 0.2) is 0 Å². The summed E-state index contributed by atoms with van der Waals surface area (Å²) in [5.41, 5.74) is -0.0400. The molecule has 0 aliphatic heterocycles. The lowest BCUT2D eigenvalue weighted by Gasteiger charge is -2.25. The first-order valence-electron chi connectivity index (χ1n) is 7.12. The summed E-state index contributed by atoms with van der Waals surface area (Å²) in [6, 6.07) is 6.84. The molecule has 0 atom stereocenters. The number of aliphatic carboxylic acids is 1. The molecule has 1 aliphatic carbocycles. The van der Waals surface area contributed by atoms with Crippen molar-refractivity contribution in [1.82, 2.24) is 20.1 Å². The molecule has 1 aromatic heterocycles. The van der Waals surface area contributed by atoms with Crippen LogP contribution in [0.5, 0.6) is 0 Å². The Labute approximate surface area is 127 Å². The van der Waals surface area contributed by atoms with Crippen molar-refractivity contribution in [2.45, 2.75) is 31.2 Å². The summed E-state index contributed by atoms with van der Waals surface area (Å²) in [6.07, 6.45) is 5.50. The summed E-state index contributed by atoms with van der Waals surface area (Å²) < 4.78 is 1.54. The average molecular weight is 300 g/mol. The van der Waals surface area contributed by atoms with E-state index in [1.165, 1.54) is 12.7 Å². The lowest BCUT2D eigenvalue weighted by Crippen LogP contribution is -2.52. The minimum absolute atomic E-state index is 0.383. The second-order valence-electron chi connectivity index (χ2n) is 5.44. The highest BCUT2D eigenvalue weighted by molar-refractivity contribution is 5.98. The van der Waals surface area contributed by atoms with E-state index in [0.29, 0.717) is 24.1 Å². The molecule has 1 fully saturated rings. The molecular weight excluding hydrogens is 284 g/mol. The predicted molar refractivity (Wildman–Crippen MR) is 77.7 cm³/mol. The van der Waals surface area contributed by atoms with Gasteiger partial charge in [-0.15, -0.1) is 0 Å². The fraction of sp³-hybridized carbons (Fsp3) is 0.333. The molecule has 0 spiro atoms. The number of hydrogen-bond acceptors (Lipinski definition) is 4. The summed E-state index contributed by atoms with van der Waals surface area (Å²) in [6.45, 7) is 0. The van der Waals surface area contributed by atoms with E-state index in [2.05, 4.69) is 15.4 Å². The number of amides is 1. The summed E-state index contributed by atoms with van der Waals surface area (Å²) in [7, 11) is 0. The lowest BCUT2D eigenvalue weighted by atomic mass is 9.97. The van der Waals surface area contributed by atoms with Gasteiger partial charge in [-0.3, -0.25) is 4.79 Å². The van der Waals surface area contributed by atoms with Crippen LogP contribution in [0, 0.1) is 0 Å². The monoisotopic (exact) mass is 300 g/mol. The molecule has 114 valence electrons. The highest BCUT2D eigenvalue weighted by Gasteiger charge is 2.42. The molecular formula is C15H16N4O3. The first-order valence-corrected chi connectivity index (χ1v) is 7.12. The summed E-state index contributed by atoms with van der Waals surface area (Å²) in [4.78, 5) is 27.8. The Morgan fingerprint density at radius 2 is 2.05 bits per heavy atom. The summed E-state index contributed by atoms with van der Waals surface area (Å²) in [5, 5.41) is 16.1. The molecule has 1 aromatic carbocycles. The maximum Gasteiger partial charge on any atom is 0.329 e. The number of nitrogens with one attached hydrogen (secondary N) is 1. The Hall–Kier alpha value is -2.70. The van der Waals surface area contributed by atoms with Gasteiger partial charge in [0.25, 0.3) is 5.91 Å². The van der Waals surface area contributed by atoms with E-state index in [0.717, 1.165) is 12.8 Å². The van der Waals surface area contributed by atoms with Crippen LogP contribution in [0.25, 0.3) is 5.69 Å². The van der Waals surface area contributed by atoms with Crippen molar-refractivity contribution in [2.24, 2.45) is 0 Å². The molecule has 0 bridgehead atoms. The van der Waals surface area contributed by atoms with E-state index in [9.17, 15) is 14.7 Å². The number of rotatable bonds is 4. The van der Waals surface area contributed by atoms with E-state index >= 15 is 0 Å². The third-order valence-corrected chi connectivity index (χ3v) is 4.01. The molecule has 7 heteroatoms. The molecule has 0 unspecified atom stereocenters. The highest BCUT2D eigenvalue weighted by atomic mass is 16.4. The third kappa shape index (κ3) is 2.57. The van der Waals surface area contributed by atoms with Crippen molar-refractivity contribution in [1.29, 1.82) is 0 Å². The number of nitrogens with zero attached hydrogens (tertiary/aromatic N) is 3. The third-order valence-electron chi connectivity index (χ3n) is 4.01. The first kappa shape index (κ1) is 14.2.